The highest BCUT2D eigenvalue weighted by molar-refractivity contribution is 7.89. The van der Waals surface area contributed by atoms with Crippen LogP contribution in [0, 0.1) is 18.6 Å². The number of methoxy groups -OCH3 is 1. The molecule has 33 heavy (non-hydrogen) atoms. The Labute approximate surface area is 196 Å². The molecule has 1 aromatic carbocycles. The number of amides is 1. The number of nitrogens with zero attached hydrogens (tertiary/aromatic N) is 5. The molecule has 0 saturated carbocycles. The number of hydrogen-bond donors (Lipinski definition) is 1. The van der Waals surface area contributed by atoms with Gasteiger partial charge in [0, 0.05) is 31.7 Å². The van der Waals surface area contributed by atoms with Gasteiger partial charge < -0.3 is 14.2 Å². The summed E-state index contributed by atoms with van der Waals surface area (Å²) in [7, 11) is -2.16. The van der Waals surface area contributed by atoms with Gasteiger partial charge in [0.05, 0.1) is 7.11 Å². The summed E-state index contributed by atoms with van der Waals surface area (Å²) in [6.07, 6.45) is 0. The Balaban J connectivity index is 1.45. The molecule has 3 aromatic rings. The maximum absolute atomic E-state index is 13.0. The first-order chi connectivity index (χ1) is 15.7. The van der Waals surface area contributed by atoms with E-state index in [1.165, 1.54) is 4.31 Å². The number of H-pyrrole nitrogens is 1. The number of benzene rings is 1. The second-order valence-corrected chi connectivity index (χ2v) is 9.87. The molecule has 1 fully saturated rings. The van der Waals surface area contributed by atoms with Crippen molar-refractivity contribution in [3.05, 3.63) is 40.5 Å². The molecule has 1 aliphatic heterocycles. The maximum Gasteiger partial charge on any atom is 0.248 e. The minimum Gasteiger partial charge on any atom is -0.497 e. The topological polar surface area (TPSA) is 127 Å². The molecule has 11 nitrogen and oxygen atoms in total. The van der Waals surface area contributed by atoms with Crippen LogP contribution in [0.15, 0.2) is 33.7 Å². The van der Waals surface area contributed by atoms with E-state index >= 15 is 0 Å². The van der Waals surface area contributed by atoms with Gasteiger partial charge in [-0.15, -0.1) is 0 Å². The summed E-state index contributed by atoms with van der Waals surface area (Å²) in [4.78, 5) is 14.7. The van der Waals surface area contributed by atoms with Gasteiger partial charge in [-0.2, -0.15) is 9.40 Å². The van der Waals surface area contributed by atoms with E-state index in [1.54, 1.807) is 42.6 Å². The molecule has 13 heteroatoms. The normalized spacial score (nSPS) is 15.1. The molecule has 1 N–H and O–H groups in total. The highest BCUT2D eigenvalue weighted by atomic mass is 32.2. The van der Waals surface area contributed by atoms with Gasteiger partial charge in [-0.1, -0.05) is 5.16 Å². The van der Waals surface area contributed by atoms with Crippen LogP contribution in [-0.4, -0.2) is 76.7 Å². The molecule has 0 unspecified atom stereocenters. The van der Waals surface area contributed by atoms with Crippen molar-refractivity contribution in [2.45, 2.75) is 25.3 Å². The molecule has 0 spiro atoms. The zero-order valence-electron chi connectivity index (χ0n) is 18.4. The summed E-state index contributed by atoms with van der Waals surface area (Å²) in [6, 6.07) is 7.28. The molecule has 3 heterocycles. The van der Waals surface area contributed by atoms with Gasteiger partial charge in [0.2, 0.25) is 15.9 Å². The van der Waals surface area contributed by atoms with Crippen molar-refractivity contribution in [2.24, 2.45) is 0 Å². The van der Waals surface area contributed by atoms with Crippen LogP contribution in [0.25, 0.3) is 11.4 Å². The van der Waals surface area contributed by atoms with Crippen molar-refractivity contribution in [3.63, 3.8) is 0 Å². The van der Waals surface area contributed by atoms with Crippen molar-refractivity contribution in [3.8, 4) is 17.1 Å². The van der Waals surface area contributed by atoms with E-state index in [2.05, 4.69) is 15.4 Å². The van der Waals surface area contributed by atoms with Crippen LogP contribution in [0.1, 0.15) is 11.5 Å². The van der Waals surface area contributed by atoms with E-state index in [0.717, 1.165) is 5.56 Å². The number of sulfonamides is 1. The molecule has 0 radical (unpaired) electrons. The van der Waals surface area contributed by atoms with Crippen molar-refractivity contribution < 1.29 is 22.5 Å². The number of rotatable bonds is 6. The van der Waals surface area contributed by atoms with Crippen molar-refractivity contribution in [1.29, 1.82) is 0 Å². The lowest BCUT2D eigenvalue weighted by molar-refractivity contribution is -0.133. The Bertz CT molecular complexity index is 1300. The van der Waals surface area contributed by atoms with Crippen LogP contribution >= 0.6 is 12.2 Å². The fraction of sp³-hybridized carbons (Fsp3) is 0.400. The predicted molar refractivity (Wildman–Crippen MR) is 121 cm³/mol. The lowest BCUT2D eigenvalue weighted by atomic mass is 10.2. The van der Waals surface area contributed by atoms with E-state index in [0.29, 0.717) is 22.0 Å². The molecule has 0 bridgehead atoms. The Hall–Kier alpha value is -3.03. The number of carbonyl (C=O) groups excluding carboxylic acids is 1. The van der Waals surface area contributed by atoms with Gasteiger partial charge in [-0.3, -0.25) is 14.5 Å². The third-order valence-electron chi connectivity index (χ3n) is 5.56. The number of hydrogen-bond acceptors (Lipinski definition) is 8. The number of carbonyl (C=O) groups is 1. The average Bonchev–Trinajstić information content (AvgIpc) is 3.35. The van der Waals surface area contributed by atoms with Crippen LogP contribution in [-0.2, 0) is 21.4 Å². The molecule has 1 saturated heterocycles. The summed E-state index contributed by atoms with van der Waals surface area (Å²) >= 11 is 5.33. The summed E-state index contributed by atoms with van der Waals surface area (Å²) < 4.78 is 39.5. The number of aromatic nitrogens is 4. The third kappa shape index (κ3) is 4.43. The van der Waals surface area contributed by atoms with Gasteiger partial charge in [0.25, 0.3) is 0 Å². The third-order valence-corrected chi connectivity index (χ3v) is 8.01. The molecule has 2 aromatic heterocycles. The molecule has 0 atom stereocenters. The number of ether oxygens (including phenoxy) is 1. The summed E-state index contributed by atoms with van der Waals surface area (Å²) in [5, 5.41) is 10.7. The smallest absolute Gasteiger partial charge is 0.248 e. The molecule has 1 aliphatic rings. The quantitative estimate of drug-likeness (QED) is 0.516. The Morgan fingerprint density at radius 1 is 1.18 bits per heavy atom. The van der Waals surface area contributed by atoms with E-state index in [4.69, 9.17) is 21.5 Å². The second-order valence-electron chi connectivity index (χ2n) is 7.61. The first-order valence-corrected chi connectivity index (χ1v) is 12.1. The van der Waals surface area contributed by atoms with E-state index in [9.17, 15) is 13.2 Å². The zero-order valence-corrected chi connectivity index (χ0v) is 20.1. The number of aryl methyl sites for hydroxylation is 2. The minimum atomic E-state index is -3.74. The number of piperazine rings is 1. The van der Waals surface area contributed by atoms with Crippen molar-refractivity contribution in [1.82, 2.24) is 29.1 Å². The Kier molecular flexibility index (Phi) is 6.36. The van der Waals surface area contributed by atoms with Crippen LogP contribution in [0.3, 0.4) is 0 Å². The first kappa shape index (κ1) is 23.1. The van der Waals surface area contributed by atoms with Gasteiger partial charge >= 0.3 is 0 Å². The van der Waals surface area contributed by atoms with E-state index in [-0.39, 0.29) is 49.3 Å². The molecular weight excluding hydrogens is 468 g/mol. The standard InChI is InChI=1S/C20H24N6O5S2/c1-13-18(14(2)31-23-13)33(28,29)25-10-8-24(9-11-25)17(27)12-26-19(21-22-20(26)32)15-4-6-16(30-3)7-5-15/h4-7H,8-12H2,1-3H3,(H,22,32). The van der Waals surface area contributed by atoms with Crippen LogP contribution in [0.2, 0.25) is 0 Å². The fourth-order valence-corrected chi connectivity index (χ4v) is 5.72. The number of nitrogens with one attached hydrogen (secondary N) is 1. The highest BCUT2D eigenvalue weighted by Crippen LogP contribution is 2.25. The maximum atomic E-state index is 13.0. The van der Waals surface area contributed by atoms with Crippen molar-refractivity contribution >= 4 is 28.1 Å². The molecule has 0 aliphatic carbocycles. The molecule has 1 amide bonds. The molecular formula is C20H24N6O5S2. The molecule has 4 rings (SSSR count). The summed E-state index contributed by atoms with van der Waals surface area (Å²) in [5.41, 5.74) is 1.11. The monoisotopic (exact) mass is 492 g/mol. The van der Waals surface area contributed by atoms with Crippen molar-refractivity contribution in [2.75, 3.05) is 33.3 Å². The van der Waals surface area contributed by atoms with E-state index < -0.39 is 10.0 Å². The summed E-state index contributed by atoms with van der Waals surface area (Å²) in [6.45, 7) is 4.06. The predicted octanol–water partition coefficient (Wildman–Crippen LogP) is 1.75. The Morgan fingerprint density at radius 2 is 1.85 bits per heavy atom. The number of aromatic amines is 1. The first-order valence-electron chi connectivity index (χ1n) is 10.2. The average molecular weight is 493 g/mol. The van der Waals surface area contributed by atoms with Crippen LogP contribution < -0.4 is 4.74 Å². The van der Waals surface area contributed by atoms with Gasteiger partial charge in [-0.05, 0) is 50.3 Å². The van der Waals surface area contributed by atoms with Gasteiger partial charge in [0.1, 0.15) is 22.9 Å². The highest BCUT2D eigenvalue weighted by Gasteiger charge is 2.34. The lowest BCUT2D eigenvalue weighted by Gasteiger charge is -2.34. The van der Waals surface area contributed by atoms with Gasteiger partial charge in [0.15, 0.2) is 16.4 Å². The van der Waals surface area contributed by atoms with Crippen LogP contribution in [0.4, 0.5) is 0 Å². The Morgan fingerprint density at radius 3 is 2.42 bits per heavy atom. The van der Waals surface area contributed by atoms with E-state index in [1.807, 2.05) is 12.1 Å². The minimum absolute atomic E-state index is 0.00663. The lowest BCUT2D eigenvalue weighted by Crippen LogP contribution is -2.51. The second kappa shape index (κ2) is 9.08. The molecule has 176 valence electrons. The SMILES string of the molecule is COc1ccc(-c2n[nH]c(=S)n2CC(=O)N2CCN(S(=O)(=O)c3c(C)noc3C)CC2)cc1. The van der Waals surface area contributed by atoms with Gasteiger partial charge in [-0.25, -0.2) is 8.42 Å². The zero-order chi connectivity index (χ0) is 23.8. The fourth-order valence-electron chi connectivity index (χ4n) is 3.81. The largest absolute Gasteiger partial charge is 0.497 e. The summed E-state index contributed by atoms with van der Waals surface area (Å²) in [5.74, 6) is 1.33. The van der Waals surface area contributed by atoms with Crippen LogP contribution in [0.5, 0.6) is 5.75 Å².